The zero-order valence-electron chi connectivity index (χ0n) is 20.4. The third-order valence-electron chi connectivity index (χ3n) is 6.27. The molecule has 5 rings (SSSR count). The Morgan fingerprint density at radius 2 is 1.68 bits per heavy atom. The summed E-state index contributed by atoms with van der Waals surface area (Å²) < 4.78 is 13.2. The third-order valence-corrected chi connectivity index (χ3v) is 6.27. The third kappa shape index (κ3) is 5.47. The summed E-state index contributed by atoms with van der Waals surface area (Å²) in [7, 11) is 0. The average Bonchev–Trinajstić information content (AvgIpc) is 3.35. The van der Waals surface area contributed by atoms with E-state index in [4.69, 9.17) is 0 Å². The fourth-order valence-electron chi connectivity index (χ4n) is 4.31. The summed E-state index contributed by atoms with van der Waals surface area (Å²) in [6.45, 7) is 0.641. The van der Waals surface area contributed by atoms with Gasteiger partial charge in [0.2, 0.25) is 5.75 Å². The van der Waals surface area contributed by atoms with E-state index < -0.39 is 23.6 Å². The summed E-state index contributed by atoms with van der Waals surface area (Å²) in [6, 6.07) is 22.6. The zero-order chi connectivity index (χ0) is 26.5. The summed E-state index contributed by atoms with van der Waals surface area (Å²) in [5.41, 5.74) is 3.35. The number of aromatic amines is 1. The van der Waals surface area contributed by atoms with E-state index in [0.29, 0.717) is 18.5 Å². The van der Waals surface area contributed by atoms with Crippen LogP contribution in [0, 0.1) is 5.82 Å². The minimum atomic E-state index is -0.712. The van der Waals surface area contributed by atoms with Crippen molar-refractivity contribution in [1.82, 2.24) is 25.6 Å². The summed E-state index contributed by atoms with van der Waals surface area (Å²) in [5, 5.41) is 28.0. The molecular formula is C29H26FN5O3. The van der Waals surface area contributed by atoms with Gasteiger partial charge in [-0.05, 0) is 41.3 Å². The highest BCUT2D eigenvalue weighted by Gasteiger charge is 2.24. The van der Waals surface area contributed by atoms with Crippen molar-refractivity contribution < 1.29 is 19.4 Å². The van der Waals surface area contributed by atoms with E-state index in [1.165, 1.54) is 12.1 Å². The number of hydrogen-bond donors (Lipinski definition) is 5. The van der Waals surface area contributed by atoms with Crippen molar-refractivity contribution in [2.24, 2.45) is 0 Å². The zero-order valence-corrected chi connectivity index (χ0v) is 20.4. The predicted molar refractivity (Wildman–Crippen MR) is 141 cm³/mol. The first-order valence-corrected chi connectivity index (χ1v) is 12.2. The van der Waals surface area contributed by atoms with Crippen LogP contribution in [0.1, 0.15) is 39.0 Å². The molecule has 192 valence electrons. The minimum absolute atomic E-state index is 0.0869. The standard InChI is InChI=1S/C29H26FN5O3/c30-21-12-10-18(11-13-21)16-33-28(37)25-26(36)29(38)35-27(34-25)24(19-6-2-1-3-7-19)31-15-14-20-17-32-23-9-5-4-8-22(20)23/h1-13,17,24,31-32,36H,14-16H2,(H,33,37)(H,34,35,38). The first-order chi connectivity index (χ1) is 18.5. The molecule has 0 bridgehead atoms. The predicted octanol–water partition coefficient (Wildman–Crippen LogP) is 4.36. The van der Waals surface area contributed by atoms with Crippen molar-refractivity contribution in [2.75, 3.05) is 6.54 Å². The number of carbonyl (C=O) groups excluding carboxylic acids is 1. The van der Waals surface area contributed by atoms with Gasteiger partial charge in [0.1, 0.15) is 5.82 Å². The van der Waals surface area contributed by atoms with Crippen LogP contribution in [0.5, 0.6) is 11.6 Å². The molecule has 1 amide bonds. The second-order valence-corrected chi connectivity index (χ2v) is 8.82. The monoisotopic (exact) mass is 511 g/mol. The Morgan fingerprint density at radius 1 is 0.947 bits per heavy atom. The van der Waals surface area contributed by atoms with Gasteiger partial charge in [0.25, 0.3) is 11.8 Å². The van der Waals surface area contributed by atoms with Gasteiger partial charge in [-0.25, -0.2) is 9.37 Å². The molecule has 5 N–H and O–H groups in total. The van der Waals surface area contributed by atoms with E-state index >= 15 is 0 Å². The van der Waals surface area contributed by atoms with E-state index in [1.807, 2.05) is 54.7 Å². The van der Waals surface area contributed by atoms with Crippen molar-refractivity contribution >= 4 is 16.8 Å². The number of nitrogens with zero attached hydrogens (tertiary/aromatic N) is 2. The van der Waals surface area contributed by atoms with E-state index in [1.54, 1.807) is 12.1 Å². The van der Waals surface area contributed by atoms with E-state index in [2.05, 4.69) is 31.7 Å². The highest BCUT2D eigenvalue weighted by molar-refractivity contribution is 5.95. The van der Waals surface area contributed by atoms with E-state index in [-0.39, 0.29) is 23.9 Å². The van der Waals surface area contributed by atoms with E-state index in [0.717, 1.165) is 22.0 Å². The topological polar surface area (TPSA) is 123 Å². The van der Waals surface area contributed by atoms with Crippen LogP contribution in [0.15, 0.2) is 85.1 Å². The lowest BCUT2D eigenvalue weighted by Crippen LogP contribution is -2.29. The van der Waals surface area contributed by atoms with Gasteiger partial charge in [0, 0.05) is 30.2 Å². The maximum atomic E-state index is 13.2. The van der Waals surface area contributed by atoms with Crippen LogP contribution in [-0.2, 0) is 13.0 Å². The number of carbonyl (C=O) groups is 1. The number of benzene rings is 3. The number of nitrogens with one attached hydrogen (secondary N) is 3. The number of rotatable bonds is 9. The lowest BCUT2D eigenvalue weighted by atomic mass is 10.0. The molecule has 0 aliphatic heterocycles. The van der Waals surface area contributed by atoms with Gasteiger partial charge in [-0.1, -0.05) is 60.7 Å². The average molecular weight is 512 g/mol. The van der Waals surface area contributed by atoms with Crippen molar-refractivity contribution in [1.29, 1.82) is 0 Å². The summed E-state index contributed by atoms with van der Waals surface area (Å²) in [4.78, 5) is 24.6. The quantitative estimate of drug-likeness (QED) is 0.200. The van der Waals surface area contributed by atoms with Crippen LogP contribution in [0.25, 0.3) is 10.9 Å². The highest BCUT2D eigenvalue weighted by atomic mass is 19.1. The fraction of sp³-hybridized carbons (Fsp3) is 0.138. The Hall–Kier alpha value is -4.76. The SMILES string of the molecule is O=C(NCc1ccc(F)cc1)c1nc(C(NCCc2c[nH]c3ccccc23)c2ccccc2)nc(O)c1O. The molecule has 3 aromatic carbocycles. The maximum absolute atomic E-state index is 13.2. The molecule has 1 atom stereocenters. The molecule has 1 unspecified atom stereocenters. The van der Waals surface area contributed by atoms with Crippen molar-refractivity contribution in [3.63, 3.8) is 0 Å². The van der Waals surface area contributed by atoms with Crippen molar-refractivity contribution in [3.05, 3.63) is 119 Å². The molecular weight excluding hydrogens is 485 g/mol. The first-order valence-electron chi connectivity index (χ1n) is 12.2. The van der Waals surface area contributed by atoms with Gasteiger partial charge in [0.05, 0.1) is 6.04 Å². The number of hydrogen-bond acceptors (Lipinski definition) is 6. The largest absolute Gasteiger partial charge is 0.501 e. The second kappa shape index (κ2) is 11.1. The molecule has 0 radical (unpaired) electrons. The van der Waals surface area contributed by atoms with Gasteiger partial charge in [-0.2, -0.15) is 4.98 Å². The molecule has 0 aliphatic rings. The highest BCUT2D eigenvalue weighted by Crippen LogP contribution is 2.29. The van der Waals surface area contributed by atoms with E-state index in [9.17, 15) is 19.4 Å². The Morgan fingerprint density at radius 3 is 2.47 bits per heavy atom. The normalized spacial score (nSPS) is 11.9. The number of aromatic hydroxyl groups is 2. The Labute approximate surface area is 218 Å². The first kappa shape index (κ1) is 24.9. The molecule has 0 aliphatic carbocycles. The smallest absolute Gasteiger partial charge is 0.274 e. The van der Waals surface area contributed by atoms with Crippen LogP contribution in [0.2, 0.25) is 0 Å². The van der Waals surface area contributed by atoms with Crippen LogP contribution >= 0.6 is 0 Å². The maximum Gasteiger partial charge on any atom is 0.274 e. The van der Waals surface area contributed by atoms with Crippen LogP contribution < -0.4 is 10.6 Å². The minimum Gasteiger partial charge on any atom is -0.501 e. The number of amides is 1. The lowest BCUT2D eigenvalue weighted by molar-refractivity contribution is 0.0941. The van der Waals surface area contributed by atoms with Gasteiger partial charge >= 0.3 is 0 Å². The van der Waals surface area contributed by atoms with Crippen LogP contribution in [0.3, 0.4) is 0 Å². The van der Waals surface area contributed by atoms with Crippen molar-refractivity contribution in [2.45, 2.75) is 19.0 Å². The van der Waals surface area contributed by atoms with Crippen LogP contribution in [-0.4, -0.2) is 37.6 Å². The molecule has 0 saturated carbocycles. The fourth-order valence-corrected chi connectivity index (χ4v) is 4.31. The molecule has 0 saturated heterocycles. The summed E-state index contributed by atoms with van der Waals surface area (Å²) >= 11 is 0. The molecule has 8 nitrogen and oxygen atoms in total. The molecule has 5 aromatic rings. The molecule has 2 heterocycles. The van der Waals surface area contributed by atoms with Gasteiger partial charge in [0.15, 0.2) is 11.5 Å². The lowest BCUT2D eigenvalue weighted by Gasteiger charge is -2.19. The Bertz CT molecular complexity index is 1550. The van der Waals surface area contributed by atoms with Crippen LogP contribution in [0.4, 0.5) is 4.39 Å². The summed E-state index contributed by atoms with van der Waals surface area (Å²) in [6.07, 6.45) is 2.69. The van der Waals surface area contributed by atoms with Gasteiger partial charge in [-0.15, -0.1) is 0 Å². The van der Waals surface area contributed by atoms with Gasteiger partial charge < -0.3 is 25.8 Å². The number of halogens is 1. The van der Waals surface area contributed by atoms with Gasteiger partial charge in [-0.3, -0.25) is 4.79 Å². The molecule has 2 aromatic heterocycles. The number of H-pyrrole nitrogens is 1. The second-order valence-electron chi connectivity index (χ2n) is 8.82. The van der Waals surface area contributed by atoms with Crippen molar-refractivity contribution in [3.8, 4) is 11.6 Å². The molecule has 9 heteroatoms. The number of para-hydroxylation sites is 1. The number of aromatic nitrogens is 3. The summed E-state index contributed by atoms with van der Waals surface area (Å²) in [5.74, 6) is -2.35. The molecule has 0 fully saturated rings. The Balaban J connectivity index is 1.38. The number of fused-ring (bicyclic) bond motifs is 1. The molecule has 38 heavy (non-hydrogen) atoms. The Kier molecular flexibility index (Phi) is 7.28. The molecule has 0 spiro atoms.